The second kappa shape index (κ2) is 6.49. The van der Waals surface area contributed by atoms with E-state index in [-0.39, 0.29) is 11.6 Å². The van der Waals surface area contributed by atoms with Crippen LogP contribution in [0.3, 0.4) is 0 Å². The summed E-state index contributed by atoms with van der Waals surface area (Å²) >= 11 is 0. The molecule has 4 aromatic rings. The Hall–Kier alpha value is -3.13. The van der Waals surface area contributed by atoms with Gasteiger partial charge in [0.25, 0.3) is 5.56 Å². The Labute approximate surface area is 161 Å². The van der Waals surface area contributed by atoms with Crippen LogP contribution in [0.2, 0.25) is 0 Å². The van der Waals surface area contributed by atoms with Crippen LogP contribution in [0.1, 0.15) is 31.5 Å². The lowest BCUT2D eigenvalue weighted by molar-refractivity contribution is 0.288. The highest BCUT2D eigenvalue weighted by Crippen LogP contribution is 2.21. The van der Waals surface area contributed by atoms with Crippen molar-refractivity contribution in [3.8, 4) is 11.4 Å². The lowest BCUT2D eigenvalue weighted by Gasteiger charge is -2.28. The standard InChI is InChI=1S/C20H21N7O/c1-12-9-14(7-8-21-12)27-20(28)15-3-4-16(24-18(15)10-22-27)17-5-6-19-23-13(2)11-26(19)25-17/h3-6,10-12,14,21H,7-9H2,1-2H3/t12-,14+/m1/s1. The second-order valence-corrected chi connectivity index (χ2v) is 7.46. The molecule has 5 rings (SSSR count). The molecule has 5 heterocycles. The van der Waals surface area contributed by atoms with E-state index in [0.717, 1.165) is 36.4 Å². The fourth-order valence-corrected chi connectivity index (χ4v) is 3.91. The summed E-state index contributed by atoms with van der Waals surface area (Å²) in [5.41, 5.74) is 3.64. The molecule has 0 unspecified atom stereocenters. The number of hydrogen-bond acceptors (Lipinski definition) is 6. The first kappa shape index (κ1) is 17.0. The molecule has 1 aliphatic rings. The molecule has 0 spiro atoms. The molecule has 0 radical (unpaired) electrons. The van der Waals surface area contributed by atoms with Crippen LogP contribution in [0, 0.1) is 6.92 Å². The first-order valence-corrected chi connectivity index (χ1v) is 9.54. The number of nitrogens with one attached hydrogen (secondary N) is 1. The minimum Gasteiger partial charge on any atom is -0.314 e. The Morgan fingerprint density at radius 2 is 2.00 bits per heavy atom. The van der Waals surface area contributed by atoms with E-state index >= 15 is 0 Å². The van der Waals surface area contributed by atoms with E-state index in [1.807, 2.05) is 37.4 Å². The molecule has 8 heteroatoms. The lowest BCUT2D eigenvalue weighted by atomic mass is 10.0. The maximum absolute atomic E-state index is 13.0. The van der Waals surface area contributed by atoms with Gasteiger partial charge in [-0.25, -0.2) is 19.2 Å². The number of rotatable bonds is 2. The highest BCUT2D eigenvalue weighted by atomic mass is 16.1. The Morgan fingerprint density at radius 1 is 1.14 bits per heavy atom. The fourth-order valence-electron chi connectivity index (χ4n) is 3.91. The molecule has 28 heavy (non-hydrogen) atoms. The van der Waals surface area contributed by atoms with E-state index in [0.29, 0.717) is 22.6 Å². The van der Waals surface area contributed by atoms with Gasteiger partial charge in [0, 0.05) is 6.04 Å². The third-order valence-electron chi connectivity index (χ3n) is 5.31. The number of pyridine rings is 1. The van der Waals surface area contributed by atoms with Gasteiger partial charge in [-0.15, -0.1) is 0 Å². The average molecular weight is 375 g/mol. The van der Waals surface area contributed by atoms with E-state index in [1.54, 1.807) is 15.4 Å². The molecule has 142 valence electrons. The summed E-state index contributed by atoms with van der Waals surface area (Å²) in [5, 5.41) is 13.0. The number of aromatic nitrogens is 6. The highest BCUT2D eigenvalue weighted by Gasteiger charge is 2.22. The van der Waals surface area contributed by atoms with Gasteiger partial charge in [0.15, 0.2) is 5.65 Å². The van der Waals surface area contributed by atoms with Crippen LogP contribution < -0.4 is 10.9 Å². The number of aryl methyl sites for hydroxylation is 1. The van der Waals surface area contributed by atoms with Gasteiger partial charge in [0.1, 0.15) is 5.69 Å². The van der Waals surface area contributed by atoms with Crippen LogP contribution in [0.15, 0.2) is 41.5 Å². The van der Waals surface area contributed by atoms with Gasteiger partial charge >= 0.3 is 0 Å². The molecule has 1 saturated heterocycles. The van der Waals surface area contributed by atoms with E-state index < -0.39 is 0 Å². The molecule has 0 aromatic carbocycles. The molecular formula is C20H21N7O. The summed E-state index contributed by atoms with van der Waals surface area (Å²) in [6.07, 6.45) is 5.37. The molecule has 0 saturated carbocycles. The molecule has 4 aromatic heterocycles. The number of nitrogens with zero attached hydrogens (tertiary/aromatic N) is 6. The third-order valence-corrected chi connectivity index (χ3v) is 5.31. The van der Waals surface area contributed by atoms with Crippen molar-refractivity contribution in [2.75, 3.05) is 6.54 Å². The van der Waals surface area contributed by atoms with E-state index in [1.165, 1.54) is 0 Å². The number of hydrogen-bond donors (Lipinski definition) is 1. The van der Waals surface area contributed by atoms with Crippen LogP contribution in [-0.4, -0.2) is 41.9 Å². The quantitative estimate of drug-likeness (QED) is 0.577. The summed E-state index contributed by atoms with van der Waals surface area (Å²) in [6, 6.07) is 7.99. The minimum atomic E-state index is -0.0794. The van der Waals surface area contributed by atoms with Gasteiger partial charge < -0.3 is 5.32 Å². The van der Waals surface area contributed by atoms with Crippen LogP contribution >= 0.6 is 0 Å². The monoisotopic (exact) mass is 375 g/mol. The number of piperidine rings is 1. The van der Waals surface area contributed by atoms with Crippen molar-refractivity contribution in [2.45, 2.75) is 38.8 Å². The molecule has 0 amide bonds. The zero-order valence-corrected chi connectivity index (χ0v) is 15.8. The lowest BCUT2D eigenvalue weighted by Crippen LogP contribution is -2.40. The van der Waals surface area contributed by atoms with Crippen molar-refractivity contribution in [1.29, 1.82) is 0 Å². The van der Waals surface area contributed by atoms with Gasteiger partial charge in [-0.2, -0.15) is 10.2 Å². The summed E-state index contributed by atoms with van der Waals surface area (Å²) in [5.74, 6) is 0. The van der Waals surface area contributed by atoms with Crippen molar-refractivity contribution in [3.63, 3.8) is 0 Å². The maximum atomic E-state index is 13.0. The maximum Gasteiger partial charge on any atom is 0.276 e. The third kappa shape index (κ3) is 2.86. The molecule has 0 bridgehead atoms. The first-order chi connectivity index (χ1) is 13.6. The van der Waals surface area contributed by atoms with Crippen LogP contribution in [-0.2, 0) is 0 Å². The Bertz CT molecular complexity index is 1240. The van der Waals surface area contributed by atoms with Crippen LogP contribution in [0.5, 0.6) is 0 Å². The minimum absolute atomic E-state index is 0.0794. The van der Waals surface area contributed by atoms with Crippen LogP contribution in [0.25, 0.3) is 27.9 Å². The molecule has 1 fully saturated rings. The van der Waals surface area contributed by atoms with Gasteiger partial charge in [0.2, 0.25) is 0 Å². The first-order valence-electron chi connectivity index (χ1n) is 9.54. The average Bonchev–Trinajstić information content (AvgIpc) is 3.07. The van der Waals surface area contributed by atoms with Gasteiger partial charge in [-0.1, -0.05) is 0 Å². The highest BCUT2D eigenvalue weighted by molar-refractivity contribution is 5.79. The van der Waals surface area contributed by atoms with Crippen molar-refractivity contribution in [1.82, 2.24) is 34.7 Å². The van der Waals surface area contributed by atoms with Crippen molar-refractivity contribution >= 4 is 16.6 Å². The smallest absolute Gasteiger partial charge is 0.276 e. The molecule has 2 atom stereocenters. The SMILES string of the molecule is Cc1cn2nc(-c3ccc4c(=O)n([C@H]5CCN[C@H](C)C5)ncc4n3)ccc2n1. The van der Waals surface area contributed by atoms with Gasteiger partial charge in [-0.3, -0.25) is 4.79 Å². The summed E-state index contributed by atoms with van der Waals surface area (Å²) in [6.45, 7) is 4.97. The zero-order valence-electron chi connectivity index (χ0n) is 15.8. The molecule has 0 aliphatic carbocycles. The molecule has 8 nitrogen and oxygen atoms in total. The van der Waals surface area contributed by atoms with Crippen molar-refractivity contribution in [3.05, 3.63) is 52.7 Å². The zero-order chi connectivity index (χ0) is 19.3. The summed E-state index contributed by atoms with van der Waals surface area (Å²) < 4.78 is 3.37. The Kier molecular flexibility index (Phi) is 3.94. The number of fused-ring (bicyclic) bond motifs is 2. The summed E-state index contributed by atoms with van der Waals surface area (Å²) in [7, 11) is 0. The van der Waals surface area contributed by atoms with Gasteiger partial charge in [-0.05, 0) is 57.5 Å². The van der Waals surface area contributed by atoms with E-state index in [9.17, 15) is 4.79 Å². The predicted octanol–water partition coefficient (Wildman–Crippen LogP) is 2.12. The molecular weight excluding hydrogens is 354 g/mol. The topological polar surface area (TPSA) is 90.0 Å². The Balaban J connectivity index is 1.55. The molecule has 1 N–H and O–H groups in total. The largest absolute Gasteiger partial charge is 0.314 e. The van der Waals surface area contributed by atoms with E-state index in [4.69, 9.17) is 0 Å². The van der Waals surface area contributed by atoms with Gasteiger partial charge in [0.05, 0.1) is 40.7 Å². The normalized spacial score (nSPS) is 20.1. The number of imidazole rings is 1. The van der Waals surface area contributed by atoms with Crippen molar-refractivity contribution < 1.29 is 0 Å². The van der Waals surface area contributed by atoms with Crippen molar-refractivity contribution in [2.24, 2.45) is 0 Å². The molecule has 1 aliphatic heterocycles. The Morgan fingerprint density at radius 3 is 2.86 bits per heavy atom. The second-order valence-electron chi connectivity index (χ2n) is 7.46. The van der Waals surface area contributed by atoms with E-state index in [2.05, 4.69) is 32.4 Å². The summed E-state index contributed by atoms with van der Waals surface area (Å²) in [4.78, 5) is 22.0. The van der Waals surface area contributed by atoms with Crippen LogP contribution in [0.4, 0.5) is 0 Å². The fraction of sp³-hybridized carbons (Fsp3) is 0.350. The predicted molar refractivity (Wildman–Crippen MR) is 106 cm³/mol.